The van der Waals surface area contributed by atoms with Crippen molar-refractivity contribution in [3.63, 3.8) is 0 Å². The van der Waals surface area contributed by atoms with Crippen LogP contribution in [0, 0.1) is 6.92 Å². The number of nitrogens with zero attached hydrogens (tertiary/aromatic N) is 6. The highest BCUT2D eigenvalue weighted by Gasteiger charge is 2.27. The van der Waals surface area contributed by atoms with Gasteiger partial charge in [-0.25, -0.2) is 9.38 Å². The molecule has 1 aliphatic heterocycles. The van der Waals surface area contributed by atoms with E-state index in [4.69, 9.17) is 9.72 Å². The van der Waals surface area contributed by atoms with Crippen LogP contribution in [-0.4, -0.2) is 63.7 Å². The third kappa shape index (κ3) is 3.71. The van der Waals surface area contributed by atoms with Gasteiger partial charge in [0.1, 0.15) is 5.75 Å². The van der Waals surface area contributed by atoms with E-state index in [9.17, 15) is 4.79 Å². The quantitative estimate of drug-likeness (QED) is 0.385. The molecule has 0 bridgehead atoms. The number of aryl methyl sites for hydroxylation is 1. The van der Waals surface area contributed by atoms with Gasteiger partial charge >= 0.3 is 0 Å². The summed E-state index contributed by atoms with van der Waals surface area (Å²) in [6.07, 6.45) is 0. The Kier molecular flexibility index (Phi) is 5.48. The number of para-hydroxylation sites is 2. The first-order chi connectivity index (χ1) is 17.6. The van der Waals surface area contributed by atoms with Gasteiger partial charge in [-0.05, 0) is 37.3 Å². The largest absolute Gasteiger partial charge is 0.496 e. The summed E-state index contributed by atoms with van der Waals surface area (Å²) in [5.41, 5.74) is 4.38. The minimum Gasteiger partial charge on any atom is -0.496 e. The minimum atomic E-state index is -0.0199. The summed E-state index contributed by atoms with van der Waals surface area (Å²) in [6.45, 7) is 4.52. The van der Waals surface area contributed by atoms with Crippen molar-refractivity contribution in [3.8, 4) is 17.1 Å². The number of piperazine rings is 1. The number of fused-ring (bicyclic) bond motifs is 3. The number of carbonyl (C=O) groups excluding carboxylic acids is 1. The Morgan fingerprint density at radius 3 is 2.47 bits per heavy atom. The SMILES string of the molecule is COc1ccccc1C(=O)N1CCN(c2nc3ccccc3c3nnc(-c4cccc(C)c4)n23)CC1. The molecule has 0 saturated carbocycles. The Morgan fingerprint density at radius 1 is 0.889 bits per heavy atom. The molecule has 36 heavy (non-hydrogen) atoms. The van der Waals surface area contributed by atoms with Crippen molar-refractivity contribution in [1.82, 2.24) is 24.5 Å². The van der Waals surface area contributed by atoms with Gasteiger partial charge in [0, 0.05) is 37.1 Å². The van der Waals surface area contributed by atoms with Crippen molar-refractivity contribution in [2.24, 2.45) is 0 Å². The maximum atomic E-state index is 13.2. The van der Waals surface area contributed by atoms with E-state index in [2.05, 4.69) is 38.6 Å². The molecule has 8 nitrogen and oxygen atoms in total. The molecular weight excluding hydrogens is 452 g/mol. The molecular formula is C28H26N6O2. The second-order valence-electron chi connectivity index (χ2n) is 8.96. The maximum absolute atomic E-state index is 13.2. The Bertz CT molecular complexity index is 1590. The van der Waals surface area contributed by atoms with Crippen LogP contribution in [0.25, 0.3) is 27.9 Å². The molecule has 1 aliphatic rings. The number of methoxy groups -OCH3 is 1. The molecule has 2 aromatic heterocycles. The lowest BCUT2D eigenvalue weighted by Gasteiger charge is -2.35. The van der Waals surface area contributed by atoms with E-state index in [1.807, 2.05) is 65.6 Å². The van der Waals surface area contributed by atoms with Crippen molar-refractivity contribution in [3.05, 3.63) is 83.9 Å². The first-order valence-corrected chi connectivity index (χ1v) is 12.0. The third-order valence-electron chi connectivity index (χ3n) is 6.69. The predicted octanol–water partition coefficient (Wildman–Crippen LogP) is 4.22. The second-order valence-corrected chi connectivity index (χ2v) is 8.96. The molecule has 6 rings (SSSR count). The highest BCUT2D eigenvalue weighted by Crippen LogP contribution is 2.29. The average Bonchev–Trinajstić information content (AvgIpc) is 3.38. The van der Waals surface area contributed by atoms with Gasteiger partial charge in [-0.15, -0.1) is 10.2 Å². The number of amides is 1. The molecule has 5 aromatic rings. The number of benzene rings is 3. The average molecular weight is 479 g/mol. The number of aromatic nitrogens is 4. The minimum absolute atomic E-state index is 0.0199. The van der Waals surface area contributed by atoms with Crippen molar-refractivity contribution in [2.75, 3.05) is 38.2 Å². The van der Waals surface area contributed by atoms with Gasteiger partial charge in [0.15, 0.2) is 11.5 Å². The number of hydrogen-bond donors (Lipinski definition) is 0. The standard InChI is InChI=1S/C28H26N6O2/c1-19-8-7-9-20(18-19)25-30-31-26-21-10-3-5-12-23(21)29-28(34(25)26)33-16-14-32(15-17-33)27(35)22-11-4-6-13-24(22)36-2/h3-13,18H,14-17H2,1-2H3. The first kappa shape index (κ1) is 22.0. The van der Waals surface area contributed by atoms with Gasteiger partial charge in [0.2, 0.25) is 5.95 Å². The van der Waals surface area contributed by atoms with E-state index in [1.165, 1.54) is 0 Å². The number of hydrogen-bond acceptors (Lipinski definition) is 6. The molecule has 0 atom stereocenters. The van der Waals surface area contributed by atoms with Gasteiger partial charge in [0.05, 0.1) is 18.2 Å². The predicted molar refractivity (Wildman–Crippen MR) is 140 cm³/mol. The van der Waals surface area contributed by atoms with Gasteiger partial charge in [-0.2, -0.15) is 0 Å². The van der Waals surface area contributed by atoms with E-state index >= 15 is 0 Å². The monoisotopic (exact) mass is 478 g/mol. The summed E-state index contributed by atoms with van der Waals surface area (Å²) in [5.74, 6) is 2.12. The fourth-order valence-corrected chi connectivity index (χ4v) is 4.85. The maximum Gasteiger partial charge on any atom is 0.257 e. The summed E-state index contributed by atoms with van der Waals surface area (Å²) < 4.78 is 7.46. The zero-order valence-electron chi connectivity index (χ0n) is 20.3. The van der Waals surface area contributed by atoms with Gasteiger partial charge in [0.25, 0.3) is 5.91 Å². The van der Waals surface area contributed by atoms with Crippen LogP contribution < -0.4 is 9.64 Å². The van der Waals surface area contributed by atoms with E-state index < -0.39 is 0 Å². The van der Waals surface area contributed by atoms with Crippen LogP contribution in [0.4, 0.5) is 5.95 Å². The molecule has 3 aromatic carbocycles. The molecule has 0 spiro atoms. The van der Waals surface area contributed by atoms with Crippen LogP contribution >= 0.6 is 0 Å². The fourth-order valence-electron chi connectivity index (χ4n) is 4.85. The Labute approximate surface area is 208 Å². The van der Waals surface area contributed by atoms with Crippen molar-refractivity contribution >= 4 is 28.4 Å². The summed E-state index contributed by atoms with van der Waals surface area (Å²) in [6, 6.07) is 23.6. The Hall–Kier alpha value is -4.46. The summed E-state index contributed by atoms with van der Waals surface area (Å²) in [7, 11) is 1.59. The zero-order chi connectivity index (χ0) is 24.6. The number of rotatable bonds is 4. The van der Waals surface area contributed by atoms with Crippen LogP contribution in [0.5, 0.6) is 5.75 Å². The molecule has 8 heteroatoms. The molecule has 3 heterocycles. The summed E-state index contributed by atoms with van der Waals surface area (Å²) in [4.78, 5) is 22.4. The Morgan fingerprint density at radius 2 is 1.67 bits per heavy atom. The number of carbonyl (C=O) groups is 1. The number of ether oxygens (including phenoxy) is 1. The van der Waals surface area contributed by atoms with Crippen molar-refractivity contribution in [2.45, 2.75) is 6.92 Å². The van der Waals surface area contributed by atoms with Crippen LogP contribution in [-0.2, 0) is 0 Å². The van der Waals surface area contributed by atoms with E-state index in [1.54, 1.807) is 7.11 Å². The lowest BCUT2D eigenvalue weighted by atomic mass is 10.1. The molecule has 1 saturated heterocycles. The van der Waals surface area contributed by atoms with Gasteiger partial charge in [-0.1, -0.05) is 48.0 Å². The molecule has 0 aliphatic carbocycles. The molecule has 180 valence electrons. The first-order valence-electron chi connectivity index (χ1n) is 12.0. The van der Waals surface area contributed by atoms with Crippen molar-refractivity contribution in [1.29, 1.82) is 0 Å². The molecule has 0 unspecified atom stereocenters. The molecule has 0 radical (unpaired) electrons. The van der Waals surface area contributed by atoms with Gasteiger partial charge in [-0.3, -0.25) is 4.79 Å². The summed E-state index contributed by atoms with van der Waals surface area (Å²) >= 11 is 0. The van der Waals surface area contributed by atoms with Crippen LogP contribution in [0.3, 0.4) is 0 Å². The fraction of sp³-hybridized carbons (Fsp3) is 0.214. The van der Waals surface area contributed by atoms with Crippen LogP contribution in [0.1, 0.15) is 15.9 Å². The Balaban J connectivity index is 1.38. The molecule has 0 N–H and O–H groups in total. The number of anilines is 1. The molecule has 1 fully saturated rings. The van der Waals surface area contributed by atoms with E-state index in [-0.39, 0.29) is 5.91 Å². The smallest absolute Gasteiger partial charge is 0.257 e. The van der Waals surface area contributed by atoms with E-state index in [0.29, 0.717) is 37.5 Å². The van der Waals surface area contributed by atoms with E-state index in [0.717, 1.165) is 39.4 Å². The molecule has 1 amide bonds. The zero-order valence-corrected chi connectivity index (χ0v) is 20.3. The normalized spacial score (nSPS) is 13.9. The van der Waals surface area contributed by atoms with Crippen LogP contribution in [0.15, 0.2) is 72.8 Å². The van der Waals surface area contributed by atoms with Crippen molar-refractivity contribution < 1.29 is 9.53 Å². The summed E-state index contributed by atoms with van der Waals surface area (Å²) in [5, 5.41) is 10.1. The highest BCUT2D eigenvalue weighted by molar-refractivity contribution is 5.97. The van der Waals surface area contributed by atoms with Crippen LogP contribution in [0.2, 0.25) is 0 Å². The topological polar surface area (TPSA) is 75.9 Å². The van der Waals surface area contributed by atoms with Gasteiger partial charge < -0.3 is 14.5 Å². The second kappa shape index (κ2) is 8.96. The highest BCUT2D eigenvalue weighted by atomic mass is 16.5. The lowest BCUT2D eigenvalue weighted by molar-refractivity contribution is 0.0743. The lowest BCUT2D eigenvalue weighted by Crippen LogP contribution is -2.49. The third-order valence-corrected chi connectivity index (χ3v) is 6.69.